The number of carbonyl (C=O) groups excluding carboxylic acids is 1. The number of halogens is 1. The number of aryl methyl sites for hydroxylation is 1. The number of morpholine rings is 1. The van der Waals surface area contributed by atoms with Crippen LogP contribution in [0.1, 0.15) is 27.7 Å². The van der Waals surface area contributed by atoms with Gasteiger partial charge in [-0.2, -0.15) is 0 Å². The molecule has 1 aromatic heterocycles. The second-order valence-electron chi connectivity index (χ2n) is 7.23. The topological polar surface area (TPSA) is 67.6 Å². The summed E-state index contributed by atoms with van der Waals surface area (Å²) in [5, 5.41) is 6.98. The summed E-state index contributed by atoms with van der Waals surface area (Å²) in [5.41, 5.74) is 3.58. The Labute approximate surface area is 182 Å². The highest BCUT2D eigenvalue weighted by Gasteiger charge is 2.24. The van der Waals surface area contributed by atoms with E-state index in [4.69, 9.17) is 9.26 Å². The molecule has 30 heavy (non-hydrogen) atoms. The van der Waals surface area contributed by atoms with Gasteiger partial charge in [0.2, 0.25) is 0 Å². The van der Waals surface area contributed by atoms with Gasteiger partial charge in [-0.05, 0) is 12.5 Å². The SMILES string of the molecule is Cc1ccc(C(CNC(=O)c2cc(-c3ccccc3)on2)N2CCOCC2)cc1.Cl. The van der Waals surface area contributed by atoms with E-state index in [1.54, 1.807) is 6.07 Å². The zero-order chi connectivity index (χ0) is 20.1. The Morgan fingerprint density at radius 2 is 1.80 bits per heavy atom. The average molecular weight is 428 g/mol. The first-order chi connectivity index (χ1) is 14.2. The number of benzene rings is 2. The fraction of sp³-hybridized carbons (Fsp3) is 0.304. The molecule has 2 aromatic carbocycles. The van der Waals surface area contributed by atoms with Crippen LogP contribution in [0.15, 0.2) is 65.2 Å². The molecular formula is C23H26ClN3O3. The van der Waals surface area contributed by atoms with E-state index in [9.17, 15) is 4.79 Å². The minimum atomic E-state index is -0.235. The summed E-state index contributed by atoms with van der Waals surface area (Å²) in [5.74, 6) is 0.348. The standard InChI is InChI=1S/C23H25N3O3.ClH/c1-17-7-9-18(10-8-17)21(26-11-13-28-14-12-26)16-24-23(27)20-15-22(29-25-20)19-5-3-2-4-6-19;/h2-10,15,21H,11-14,16H2,1H3,(H,24,27);1H. The monoisotopic (exact) mass is 427 g/mol. The van der Waals surface area contributed by atoms with Crippen molar-refractivity contribution in [3.63, 3.8) is 0 Å². The first-order valence-electron chi connectivity index (χ1n) is 9.89. The van der Waals surface area contributed by atoms with Gasteiger partial charge in [0.1, 0.15) is 0 Å². The minimum Gasteiger partial charge on any atom is -0.379 e. The van der Waals surface area contributed by atoms with E-state index in [-0.39, 0.29) is 30.0 Å². The molecule has 1 amide bonds. The van der Waals surface area contributed by atoms with Gasteiger partial charge in [-0.3, -0.25) is 9.69 Å². The number of hydrogen-bond acceptors (Lipinski definition) is 5. The number of rotatable bonds is 6. The van der Waals surface area contributed by atoms with Crippen molar-refractivity contribution in [3.05, 3.63) is 77.5 Å². The van der Waals surface area contributed by atoms with Crippen LogP contribution in [-0.4, -0.2) is 48.8 Å². The van der Waals surface area contributed by atoms with Crippen molar-refractivity contribution in [1.82, 2.24) is 15.4 Å². The Morgan fingerprint density at radius 1 is 1.10 bits per heavy atom. The molecule has 6 nitrogen and oxygen atoms in total. The Bertz CT molecular complexity index is 938. The number of nitrogens with one attached hydrogen (secondary N) is 1. The molecule has 1 aliphatic rings. The van der Waals surface area contributed by atoms with Crippen LogP contribution in [-0.2, 0) is 4.74 Å². The lowest BCUT2D eigenvalue weighted by atomic mass is 10.0. The van der Waals surface area contributed by atoms with Gasteiger partial charge in [0.15, 0.2) is 11.5 Å². The normalized spacial score (nSPS) is 15.2. The van der Waals surface area contributed by atoms with Gasteiger partial charge in [-0.25, -0.2) is 0 Å². The van der Waals surface area contributed by atoms with Crippen molar-refractivity contribution < 1.29 is 14.1 Å². The molecular weight excluding hydrogens is 402 g/mol. The smallest absolute Gasteiger partial charge is 0.273 e. The van der Waals surface area contributed by atoms with E-state index in [1.807, 2.05) is 30.3 Å². The van der Waals surface area contributed by atoms with Crippen LogP contribution in [0.2, 0.25) is 0 Å². The van der Waals surface area contributed by atoms with Crippen LogP contribution in [0.5, 0.6) is 0 Å². The highest BCUT2D eigenvalue weighted by Crippen LogP contribution is 2.23. The molecule has 0 bridgehead atoms. The van der Waals surface area contributed by atoms with Crippen molar-refractivity contribution in [2.24, 2.45) is 0 Å². The second-order valence-corrected chi connectivity index (χ2v) is 7.23. The maximum Gasteiger partial charge on any atom is 0.273 e. The van der Waals surface area contributed by atoms with E-state index in [2.05, 4.69) is 46.6 Å². The lowest BCUT2D eigenvalue weighted by molar-refractivity contribution is 0.0162. The van der Waals surface area contributed by atoms with Gasteiger partial charge in [-0.1, -0.05) is 65.3 Å². The number of nitrogens with zero attached hydrogens (tertiary/aromatic N) is 2. The summed E-state index contributed by atoms with van der Waals surface area (Å²) in [6.07, 6.45) is 0. The van der Waals surface area contributed by atoms with E-state index in [0.29, 0.717) is 25.5 Å². The second kappa shape index (κ2) is 10.4. The maximum absolute atomic E-state index is 12.7. The van der Waals surface area contributed by atoms with Gasteiger partial charge in [0.25, 0.3) is 5.91 Å². The molecule has 1 saturated heterocycles. The number of aromatic nitrogens is 1. The average Bonchev–Trinajstić information content (AvgIpc) is 3.27. The zero-order valence-electron chi connectivity index (χ0n) is 16.9. The van der Waals surface area contributed by atoms with Crippen LogP contribution in [0.4, 0.5) is 0 Å². The number of amides is 1. The summed E-state index contributed by atoms with van der Waals surface area (Å²) in [6, 6.07) is 19.9. The Hall–Kier alpha value is -2.67. The molecule has 0 saturated carbocycles. The van der Waals surface area contributed by atoms with Crippen LogP contribution in [0.3, 0.4) is 0 Å². The third-order valence-electron chi connectivity index (χ3n) is 5.21. The summed E-state index contributed by atoms with van der Waals surface area (Å²) < 4.78 is 10.8. The first-order valence-corrected chi connectivity index (χ1v) is 9.89. The third-order valence-corrected chi connectivity index (χ3v) is 5.21. The van der Waals surface area contributed by atoms with E-state index >= 15 is 0 Å². The first kappa shape index (κ1) is 22.0. The Balaban J connectivity index is 0.00000256. The molecule has 1 fully saturated rings. The minimum absolute atomic E-state index is 0. The van der Waals surface area contributed by atoms with Crippen molar-refractivity contribution in [3.8, 4) is 11.3 Å². The summed E-state index contributed by atoms with van der Waals surface area (Å²) in [7, 11) is 0. The van der Waals surface area contributed by atoms with Crippen LogP contribution >= 0.6 is 12.4 Å². The van der Waals surface area contributed by atoms with E-state index in [1.165, 1.54) is 11.1 Å². The molecule has 3 aromatic rings. The largest absolute Gasteiger partial charge is 0.379 e. The lowest BCUT2D eigenvalue weighted by Crippen LogP contribution is -2.43. The molecule has 1 N–H and O–H groups in total. The van der Waals surface area contributed by atoms with Gasteiger partial charge in [-0.15, -0.1) is 12.4 Å². The van der Waals surface area contributed by atoms with Crippen LogP contribution in [0.25, 0.3) is 11.3 Å². The number of ether oxygens (including phenoxy) is 1. The maximum atomic E-state index is 12.7. The van der Waals surface area contributed by atoms with Crippen molar-refractivity contribution in [2.75, 3.05) is 32.8 Å². The fourth-order valence-electron chi connectivity index (χ4n) is 3.54. The highest BCUT2D eigenvalue weighted by molar-refractivity contribution is 5.93. The highest BCUT2D eigenvalue weighted by atomic mass is 35.5. The van der Waals surface area contributed by atoms with Gasteiger partial charge in [0.05, 0.1) is 19.3 Å². The fourth-order valence-corrected chi connectivity index (χ4v) is 3.54. The van der Waals surface area contributed by atoms with Crippen molar-refractivity contribution in [2.45, 2.75) is 13.0 Å². The molecule has 0 radical (unpaired) electrons. The van der Waals surface area contributed by atoms with E-state index < -0.39 is 0 Å². The lowest BCUT2D eigenvalue weighted by Gasteiger charge is -2.35. The molecule has 2 heterocycles. The number of carbonyl (C=O) groups is 1. The third kappa shape index (κ3) is 5.27. The molecule has 0 spiro atoms. The van der Waals surface area contributed by atoms with Gasteiger partial charge in [0, 0.05) is 31.3 Å². The van der Waals surface area contributed by atoms with Gasteiger partial charge < -0.3 is 14.6 Å². The van der Waals surface area contributed by atoms with Crippen molar-refractivity contribution in [1.29, 1.82) is 0 Å². The zero-order valence-corrected chi connectivity index (χ0v) is 17.7. The van der Waals surface area contributed by atoms with E-state index in [0.717, 1.165) is 18.7 Å². The molecule has 1 unspecified atom stereocenters. The number of hydrogen-bond donors (Lipinski definition) is 1. The molecule has 0 aliphatic carbocycles. The Morgan fingerprint density at radius 3 is 2.50 bits per heavy atom. The summed E-state index contributed by atoms with van der Waals surface area (Å²) in [4.78, 5) is 15.0. The summed E-state index contributed by atoms with van der Waals surface area (Å²) >= 11 is 0. The molecule has 1 aliphatic heterocycles. The molecule has 4 rings (SSSR count). The molecule has 158 valence electrons. The molecule has 7 heteroatoms. The quantitative estimate of drug-likeness (QED) is 0.646. The molecule has 1 atom stereocenters. The van der Waals surface area contributed by atoms with Crippen molar-refractivity contribution >= 4 is 18.3 Å². The summed E-state index contributed by atoms with van der Waals surface area (Å²) in [6.45, 7) is 5.67. The van der Waals surface area contributed by atoms with Crippen LogP contribution < -0.4 is 5.32 Å². The predicted molar refractivity (Wildman–Crippen MR) is 118 cm³/mol. The Kier molecular flexibility index (Phi) is 7.63. The van der Waals surface area contributed by atoms with Crippen LogP contribution in [0, 0.1) is 6.92 Å². The van der Waals surface area contributed by atoms with Gasteiger partial charge >= 0.3 is 0 Å². The predicted octanol–water partition coefficient (Wildman–Crippen LogP) is 3.88.